The monoisotopic (exact) mass is 501 g/mol. The van der Waals surface area contributed by atoms with Crippen LogP contribution >= 0.6 is 15.9 Å². The average Bonchev–Trinajstić information content (AvgIpc) is 2.68. The van der Waals surface area contributed by atoms with Crippen LogP contribution in [0.1, 0.15) is 40.0 Å². The number of nitrogens with one attached hydrogen (secondary N) is 1. The smallest absolute Gasteiger partial charge is 0.433 e. The highest BCUT2D eigenvalue weighted by Crippen LogP contribution is 2.34. The lowest BCUT2D eigenvalue weighted by Crippen LogP contribution is -2.59. The molecule has 0 aromatic carbocycles. The van der Waals surface area contributed by atoms with Crippen LogP contribution in [0.5, 0.6) is 0 Å². The normalized spacial score (nSPS) is 18.5. The molecule has 1 aliphatic rings. The van der Waals surface area contributed by atoms with Crippen LogP contribution in [0.25, 0.3) is 0 Å². The van der Waals surface area contributed by atoms with Gasteiger partial charge in [0.15, 0.2) is 5.82 Å². The molecule has 8 nitrogen and oxygen atoms in total. The molecule has 164 valence electrons. The van der Waals surface area contributed by atoms with E-state index in [1.807, 2.05) is 0 Å². The van der Waals surface area contributed by atoms with Gasteiger partial charge in [-0.05, 0) is 33.1 Å². The van der Waals surface area contributed by atoms with E-state index in [0.717, 1.165) is 12.3 Å². The minimum atomic E-state index is -4.57. The van der Waals surface area contributed by atoms with Crippen molar-refractivity contribution in [2.75, 3.05) is 18.9 Å². The molecule has 0 saturated heterocycles. The zero-order chi connectivity index (χ0) is 23.0. The SMILES string of the molecule is C[N+]1(CCCC(=O)O)C(=O)Nc2ncc(Br)c(Cc3ccc(C(F)(F)F)nc3)c2C1=O. The van der Waals surface area contributed by atoms with Crippen LogP contribution in [0.2, 0.25) is 0 Å². The fourth-order valence-electron chi connectivity index (χ4n) is 3.24. The third kappa shape index (κ3) is 4.59. The molecule has 1 unspecified atom stereocenters. The number of alkyl halides is 3. The van der Waals surface area contributed by atoms with Crippen molar-refractivity contribution in [2.45, 2.75) is 25.4 Å². The molecule has 1 atom stereocenters. The second-order valence-corrected chi connectivity index (χ2v) is 8.04. The van der Waals surface area contributed by atoms with Crippen LogP contribution in [-0.2, 0) is 17.4 Å². The Morgan fingerprint density at radius 2 is 1.94 bits per heavy atom. The van der Waals surface area contributed by atoms with Crippen LogP contribution in [0, 0.1) is 0 Å². The number of carboxylic acid groups (broad SMARTS) is 1. The highest BCUT2D eigenvalue weighted by atomic mass is 79.9. The van der Waals surface area contributed by atoms with Crippen LogP contribution in [-0.4, -0.2) is 51.1 Å². The number of fused-ring (bicyclic) bond motifs is 1. The predicted molar refractivity (Wildman–Crippen MR) is 105 cm³/mol. The van der Waals surface area contributed by atoms with Crippen molar-refractivity contribution in [1.29, 1.82) is 0 Å². The third-order valence-electron chi connectivity index (χ3n) is 4.96. The number of carbonyl (C=O) groups excluding carboxylic acids is 2. The van der Waals surface area contributed by atoms with Crippen molar-refractivity contribution in [3.05, 3.63) is 51.4 Å². The van der Waals surface area contributed by atoms with E-state index in [9.17, 15) is 27.6 Å². The lowest BCUT2D eigenvalue weighted by molar-refractivity contribution is -0.743. The molecule has 0 bridgehead atoms. The molecular weight excluding hydrogens is 485 g/mol. The number of anilines is 1. The van der Waals surface area contributed by atoms with Crippen molar-refractivity contribution < 1.29 is 37.1 Å². The van der Waals surface area contributed by atoms with Gasteiger partial charge >= 0.3 is 24.1 Å². The standard InChI is InChI=1S/C19H16BrF3N4O4/c1-27(6-2-3-14(28)29)17(30)15-11(12(20)9-25-16(15)26-18(27)31)7-10-4-5-13(24-8-10)19(21,22)23/h4-5,8-9H,2-3,6-7H2,1H3,(H-,25,26,28,29,30,31)/p+1. The number of aromatic nitrogens is 2. The molecular formula is C19H17BrF3N4O4+. The Hall–Kier alpha value is -2.86. The summed E-state index contributed by atoms with van der Waals surface area (Å²) in [6.07, 6.45) is -2.14. The van der Waals surface area contributed by atoms with Crippen molar-refractivity contribution in [1.82, 2.24) is 9.97 Å². The maximum Gasteiger partial charge on any atom is 0.433 e. The third-order valence-corrected chi connectivity index (χ3v) is 5.64. The summed E-state index contributed by atoms with van der Waals surface area (Å²) in [5.41, 5.74) is -0.0594. The first-order valence-corrected chi connectivity index (χ1v) is 9.86. The lowest BCUT2D eigenvalue weighted by atomic mass is 9.98. The summed E-state index contributed by atoms with van der Waals surface area (Å²) in [6.45, 7) is -0.0375. The van der Waals surface area contributed by atoms with Crippen LogP contribution in [0.3, 0.4) is 0 Å². The topological polar surface area (TPSA) is 109 Å². The Kier molecular flexibility index (Phi) is 6.14. The quantitative estimate of drug-likeness (QED) is 0.582. The summed E-state index contributed by atoms with van der Waals surface area (Å²) in [4.78, 5) is 44.2. The summed E-state index contributed by atoms with van der Waals surface area (Å²) in [5, 5.41) is 11.4. The molecule has 31 heavy (non-hydrogen) atoms. The number of hydrogen-bond acceptors (Lipinski definition) is 5. The van der Waals surface area contributed by atoms with Crippen molar-refractivity contribution in [2.24, 2.45) is 0 Å². The van der Waals surface area contributed by atoms with Gasteiger partial charge in [-0.15, -0.1) is 0 Å². The first kappa shape index (κ1) is 22.8. The number of halogens is 4. The summed E-state index contributed by atoms with van der Waals surface area (Å²) in [6, 6.07) is 1.48. The summed E-state index contributed by atoms with van der Waals surface area (Å²) < 4.78 is 38.0. The van der Waals surface area contributed by atoms with E-state index in [0.29, 0.717) is 15.6 Å². The first-order valence-electron chi connectivity index (χ1n) is 9.06. The Morgan fingerprint density at radius 1 is 1.23 bits per heavy atom. The van der Waals surface area contributed by atoms with Crippen molar-refractivity contribution >= 4 is 39.7 Å². The van der Waals surface area contributed by atoms with Gasteiger partial charge in [0.1, 0.15) is 11.3 Å². The van der Waals surface area contributed by atoms with Crippen LogP contribution in [0.15, 0.2) is 29.0 Å². The summed E-state index contributed by atoms with van der Waals surface area (Å²) in [5.74, 6) is -1.58. The number of amides is 3. The minimum absolute atomic E-state index is 0.0375. The second kappa shape index (κ2) is 8.35. The maximum absolute atomic E-state index is 13.3. The molecule has 0 fully saturated rings. The average molecular weight is 502 g/mol. The molecule has 2 aromatic heterocycles. The number of imide groups is 1. The zero-order valence-electron chi connectivity index (χ0n) is 16.2. The molecule has 12 heteroatoms. The van der Waals surface area contributed by atoms with E-state index < -0.39 is 34.3 Å². The zero-order valence-corrected chi connectivity index (χ0v) is 17.7. The maximum atomic E-state index is 13.3. The second-order valence-electron chi connectivity index (χ2n) is 7.18. The van der Waals surface area contributed by atoms with Gasteiger partial charge in [0.05, 0.1) is 20.0 Å². The van der Waals surface area contributed by atoms with Crippen molar-refractivity contribution in [3.63, 3.8) is 0 Å². The molecule has 2 N–H and O–H groups in total. The number of nitrogens with zero attached hydrogens (tertiary/aromatic N) is 3. The number of rotatable bonds is 6. The van der Waals surface area contributed by atoms with Gasteiger partial charge in [-0.2, -0.15) is 17.7 Å². The number of pyridine rings is 2. The molecule has 1 aliphatic heterocycles. The van der Waals surface area contributed by atoms with Gasteiger partial charge in [-0.3, -0.25) is 15.1 Å². The molecule has 3 rings (SSSR count). The van der Waals surface area contributed by atoms with E-state index in [4.69, 9.17) is 5.11 Å². The van der Waals surface area contributed by atoms with E-state index >= 15 is 0 Å². The molecule has 0 aliphatic carbocycles. The van der Waals surface area contributed by atoms with E-state index in [2.05, 4.69) is 31.2 Å². The van der Waals surface area contributed by atoms with Crippen molar-refractivity contribution in [3.8, 4) is 0 Å². The number of aliphatic carboxylic acids is 1. The Balaban J connectivity index is 1.97. The number of hydrogen-bond donors (Lipinski definition) is 2. The van der Waals surface area contributed by atoms with Gasteiger partial charge in [0.25, 0.3) is 0 Å². The molecule has 3 heterocycles. The van der Waals surface area contributed by atoms with Gasteiger partial charge in [-0.25, -0.2) is 14.6 Å². The number of urea groups is 1. The van der Waals surface area contributed by atoms with Gasteiger partial charge in [-0.1, -0.05) is 6.07 Å². The largest absolute Gasteiger partial charge is 0.481 e. The predicted octanol–water partition coefficient (Wildman–Crippen LogP) is 3.85. The molecule has 0 radical (unpaired) electrons. The van der Waals surface area contributed by atoms with Gasteiger partial charge in [0.2, 0.25) is 0 Å². The van der Waals surface area contributed by atoms with E-state index in [1.165, 1.54) is 19.3 Å². The highest BCUT2D eigenvalue weighted by Gasteiger charge is 2.48. The van der Waals surface area contributed by atoms with E-state index in [1.54, 1.807) is 0 Å². The minimum Gasteiger partial charge on any atom is -0.481 e. The van der Waals surface area contributed by atoms with Crippen LogP contribution < -0.4 is 5.32 Å². The summed E-state index contributed by atoms with van der Waals surface area (Å²) >= 11 is 3.32. The molecule has 0 saturated carbocycles. The first-order chi connectivity index (χ1) is 14.4. The fourth-order valence-corrected chi connectivity index (χ4v) is 3.68. The van der Waals surface area contributed by atoms with Gasteiger partial charge in [0, 0.05) is 29.7 Å². The number of quaternary nitrogens is 1. The Labute approximate surface area is 182 Å². The molecule has 0 spiro atoms. The van der Waals surface area contributed by atoms with E-state index in [-0.39, 0.29) is 37.2 Å². The highest BCUT2D eigenvalue weighted by molar-refractivity contribution is 9.10. The number of carboxylic acids is 1. The molecule has 2 aromatic rings. The lowest BCUT2D eigenvalue weighted by Gasteiger charge is -2.33. The Bertz CT molecular complexity index is 1060. The summed E-state index contributed by atoms with van der Waals surface area (Å²) in [7, 11) is 1.38. The van der Waals surface area contributed by atoms with Crippen LogP contribution in [0.4, 0.5) is 23.8 Å². The Morgan fingerprint density at radius 3 is 2.52 bits per heavy atom. The molecule has 3 amide bonds. The fraction of sp³-hybridized carbons (Fsp3) is 0.316. The number of carbonyl (C=O) groups is 3. The van der Waals surface area contributed by atoms with Gasteiger partial charge < -0.3 is 5.11 Å².